The molecule has 0 radical (unpaired) electrons. The summed E-state index contributed by atoms with van der Waals surface area (Å²) >= 11 is 0. The smallest absolute Gasteiger partial charge is 0.0951 e. The van der Waals surface area contributed by atoms with Gasteiger partial charge in [0.05, 0.1) is 12.0 Å². The third-order valence-electron chi connectivity index (χ3n) is 2.94. The van der Waals surface area contributed by atoms with Gasteiger partial charge in [-0.05, 0) is 32.2 Å². The molecule has 0 amide bonds. The molecule has 0 atom stereocenters. The first-order valence-electron chi connectivity index (χ1n) is 6.12. The number of imidazole rings is 1. The lowest BCUT2D eigenvalue weighted by Crippen LogP contribution is -2.17. The van der Waals surface area contributed by atoms with Crippen molar-refractivity contribution in [3.05, 3.63) is 18.2 Å². The highest BCUT2D eigenvalue weighted by Gasteiger charge is 2.24. The molecule has 2 rings (SSSR count). The molecule has 0 aliphatic heterocycles. The Morgan fingerprint density at radius 1 is 1.50 bits per heavy atom. The van der Waals surface area contributed by atoms with E-state index < -0.39 is 0 Å². The second-order valence-electron chi connectivity index (χ2n) is 4.40. The molecule has 90 valence electrons. The fourth-order valence-electron chi connectivity index (χ4n) is 1.86. The second kappa shape index (κ2) is 6.01. The largest absolute Gasteiger partial charge is 0.385 e. The molecule has 1 aliphatic rings. The van der Waals surface area contributed by atoms with Crippen LogP contribution in [0, 0.1) is 0 Å². The Morgan fingerprint density at radius 2 is 2.38 bits per heavy atom. The van der Waals surface area contributed by atoms with Gasteiger partial charge in [0.25, 0.3) is 0 Å². The predicted octanol–water partition coefficient (Wildman–Crippen LogP) is 1.73. The molecule has 4 heteroatoms. The number of unbranched alkanes of at least 4 members (excludes halogenated alkanes) is 1. The standard InChI is InChI=1S/C12H21N3O/c1-16-7-3-2-6-13-8-12-9-14-10-15(12)11-4-5-11/h9-11,13H,2-8H2,1H3. The number of nitrogens with zero attached hydrogens (tertiary/aromatic N) is 2. The highest BCUT2D eigenvalue weighted by atomic mass is 16.5. The van der Waals surface area contributed by atoms with Crippen molar-refractivity contribution in [2.45, 2.75) is 38.3 Å². The van der Waals surface area contributed by atoms with Crippen LogP contribution in [0.25, 0.3) is 0 Å². The number of aromatic nitrogens is 2. The Balaban J connectivity index is 1.63. The van der Waals surface area contributed by atoms with E-state index in [-0.39, 0.29) is 0 Å². The maximum Gasteiger partial charge on any atom is 0.0951 e. The minimum atomic E-state index is 0.729. The topological polar surface area (TPSA) is 39.1 Å². The van der Waals surface area contributed by atoms with E-state index in [2.05, 4.69) is 14.9 Å². The summed E-state index contributed by atoms with van der Waals surface area (Å²) in [5.41, 5.74) is 1.31. The van der Waals surface area contributed by atoms with E-state index in [1.165, 1.54) is 25.0 Å². The Kier molecular flexibility index (Phi) is 4.36. The number of hydrogen-bond donors (Lipinski definition) is 1. The Bertz CT molecular complexity index is 307. The Hall–Kier alpha value is -0.870. The van der Waals surface area contributed by atoms with Gasteiger partial charge >= 0.3 is 0 Å². The van der Waals surface area contributed by atoms with Gasteiger partial charge in [-0.2, -0.15) is 0 Å². The van der Waals surface area contributed by atoms with Crippen LogP contribution in [0.3, 0.4) is 0 Å². The third-order valence-corrected chi connectivity index (χ3v) is 2.94. The molecule has 1 aromatic heterocycles. The van der Waals surface area contributed by atoms with Crippen LogP contribution in [0.2, 0.25) is 0 Å². The molecule has 0 unspecified atom stereocenters. The van der Waals surface area contributed by atoms with Gasteiger partial charge in [-0.3, -0.25) is 0 Å². The molecule has 1 aliphatic carbocycles. The van der Waals surface area contributed by atoms with Gasteiger partial charge < -0.3 is 14.6 Å². The van der Waals surface area contributed by atoms with Gasteiger partial charge in [-0.15, -0.1) is 0 Å². The summed E-state index contributed by atoms with van der Waals surface area (Å²) in [5.74, 6) is 0. The average Bonchev–Trinajstić information content (AvgIpc) is 3.04. The summed E-state index contributed by atoms with van der Waals surface area (Å²) in [4.78, 5) is 4.21. The number of methoxy groups -OCH3 is 1. The quantitative estimate of drug-likeness (QED) is 0.682. The number of ether oxygens (including phenoxy) is 1. The molecular weight excluding hydrogens is 202 g/mol. The summed E-state index contributed by atoms with van der Waals surface area (Å²) in [7, 11) is 1.75. The van der Waals surface area contributed by atoms with Crippen molar-refractivity contribution in [2.24, 2.45) is 0 Å². The van der Waals surface area contributed by atoms with Crippen LogP contribution in [-0.2, 0) is 11.3 Å². The number of nitrogens with one attached hydrogen (secondary N) is 1. The number of hydrogen-bond acceptors (Lipinski definition) is 3. The predicted molar refractivity (Wildman–Crippen MR) is 63.3 cm³/mol. The number of rotatable bonds is 8. The van der Waals surface area contributed by atoms with E-state index >= 15 is 0 Å². The molecule has 0 saturated heterocycles. The molecule has 1 N–H and O–H groups in total. The fraction of sp³-hybridized carbons (Fsp3) is 0.750. The van der Waals surface area contributed by atoms with Crippen LogP contribution in [-0.4, -0.2) is 29.8 Å². The first-order chi connectivity index (χ1) is 7.92. The first kappa shape index (κ1) is 11.6. The molecule has 4 nitrogen and oxygen atoms in total. The summed E-state index contributed by atoms with van der Waals surface area (Å²) < 4.78 is 7.32. The van der Waals surface area contributed by atoms with Crippen LogP contribution >= 0.6 is 0 Å². The summed E-state index contributed by atoms with van der Waals surface area (Å²) in [5, 5.41) is 3.45. The summed E-state index contributed by atoms with van der Waals surface area (Å²) in [6.45, 7) is 2.85. The van der Waals surface area contributed by atoms with Crippen LogP contribution < -0.4 is 5.32 Å². The zero-order chi connectivity index (χ0) is 11.2. The third kappa shape index (κ3) is 3.32. The molecule has 1 saturated carbocycles. The zero-order valence-corrected chi connectivity index (χ0v) is 9.98. The maximum absolute atomic E-state index is 5.01. The van der Waals surface area contributed by atoms with Crippen LogP contribution in [0.1, 0.15) is 37.4 Å². The minimum absolute atomic E-state index is 0.729. The normalized spacial score (nSPS) is 15.6. The zero-order valence-electron chi connectivity index (χ0n) is 9.98. The molecule has 16 heavy (non-hydrogen) atoms. The molecule has 1 aromatic rings. The lowest BCUT2D eigenvalue weighted by molar-refractivity contribution is 0.192. The van der Waals surface area contributed by atoms with E-state index in [0.29, 0.717) is 0 Å². The van der Waals surface area contributed by atoms with Crippen molar-refractivity contribution in [1.29, 1.82) is 0 Å². The Morgan fingerprint density at radius 3 is 3.12 bits per heavy atom. The maximum atomic E-state index is 5.01. The monoisotopic (exact) mass is 223 g/mol. The average molecular weight is 223 g/mol. The van der Waals surface area contributed by atoms with Crippen molar-refractivity contribution in [2.75, 3.05) is 20.3 Å². The summed E-state index contributed by atoms with van der Waals surface area (Å²) in [6, 6.07) is 0.729. The molecule has 1 heterocycles. The highest BCUT2D eigenvalue weighted by molar-refractivity contribution is 5.03. The fourth-order valence-corrected chi connectivity index (χ4v) is 1.86. The van der Waals surface area contributed by atoms with E-state index in [4.69, 9.17) is 4.74 Å². The molecule has 0 spiro atoms. The second-order valence-corrected chi connectivity index (χ2v) is 4.40. The lowest BCUT2D eigenvalue weighted by Gasteiger charge is -2.07. The van der Waals surface area contributed by atoms with Gasteiger partial charge in [0.15, 0.2) is 0 Å². The van der Waals surface area contributed by atoms with Gasteiger partial charge in [-0.1, -0.05) is 0 Å². The van der Waals surface area contributed by atoms with Gasteiger partial charge in [0.1, 0.15) is 0 Å². The van der Waals surface area contributed by atoms with Crippen molar-refractivity contribution >= 4 is 0 Å². The molecular formula is C12H21N3O. The lowest BCUT2D eigenvalue weighted by atomic mass is 10.3. The van der Waals surface area contributed by atoms with Crippen molar-refractivity contribution in [1.82, 2.24) is 14.9 Å². The SMILES string of the molecule is COCCCCNCc1cncn1C1CC1. The van der Waals surface area contributed by atoms with Crippen LogP contribution in [0.15, 0.2) is 12.5 Å². The van der Waals surface area contributed by atoms with Crippen molar-refractivity contribution in [3.8, 4) is 0 Å². The highest BCUT2D eigenvalue weighted by Crippen LogP contribution is 2.35. The summed E-state index contributed by atoms with van der Waals surface area (Å²) in [6.07, 6.45) is 8.87. The first-order valence-corrected chi connectivity index (χ1v) is 6.12. The van der Waals surface area contributed by atoms with E-state index in [1.807, 2.05) is 12.5 Å². The van der Waals surface area contributed by atoms with Gasteiger partial charge in [-0.25, -0.2) is 4.98 Å². The van der Waals surface area contributed by atoms with Gasteiger partial charge in [0, 0.05) is 32.5 Å². The van der Waals surface area contributed by atoms with E-state index in [0.717, 1.165) is 32.2 Å². The van der Waals surface area contributed by atoms with Gasteiger partial charge in [0.2, 0.25) is 0 Å². The molecule has 0 bridgehead atoms. The molecule has 0 aromatic carbocycles. The van der Waals surface area contributed by atoms with Crippen LogP contribution in [0.5, 0.6) is 0 Å². The van der Waals surface area contributed by atoms with Crippen molar-refractivity contribution < 1.29 is 4.74 Å². The minimum Gasteiger partial charge on any atom is -0.385 e. The Labute approximate surface area is 97.0 Å². The van der Waals surface area contributed by atoms with Crippen molar-refractivity contribution in [3.63, 3.8) is 0 Å². The van der Waals surface area contributed by atoms with E-state index in [1.54, 1.807) is 7.11 Å². The van der Waals surface area contributed by atoms with Crippen LogP contribution in [0.4, 0.5) is 0 Å². The molecule has 1 fully saturated rings. The van der Waals surface area contributed by atoms with E-state index in [9.17, 15) is 0 Å².